The van der Waals surface area contributed by atoms with Crippen molar-refractivity contribution in [1.29, 1.82) is 0 Å². The fourth-order valence-electron chi connectivity index (χ4n) is 3.94. The quantitative estimate of drug-likeness (QED) is 0.934. The largest absolute Gasteiger partial charge is 0.365 e. The molecule has 3 nitrogen and oxygen atoms in total. The lowest BCUT2D eigenvalue weighted by molar-refractivity contribution is 0.210. The number of aromatic nitrogens is 1. The van der Waals surface area contributed by atoms with E-state index in [1.807, 2.05) is 0 Å². The molecule has 112 valence electrons. The Bertz CT molecular complexity index is 643. The zero-order chi connectivity index (χ0) is 14.4. The van der Waals surface area contributed by atoms with E-state index < -0.39 is 0 Å². The van der Waals surface area contributed by atoms with Crippen LogP contribution < -0.4 is 4.90 Å². The number of benzene rings is 1. The molecule has 3 heterocycles. The molecule has 4 rings (SSSR count). The number of hydrogen-bond acceptors (Lipinski definition) is 2. The van der Waals surface area contributed by atoms with E-state index in [-0.39, 0.29) is 0 Å². The predicted octanol–water partition coefficient (Wildman–Crippen LogP) is 3.26. The smallest absolute Gasteiger partial charge is 0.0477 e. The molecule has 2 aliphatic rings. The zero-order valence-corrected chi connectivity index (χ0v) is 13.1. The number of nitrogens with one attached hydrogen (secondary N) is 1. The number of anilines is 1. The van der Waals surface area contributed by atoms with Crippen LogP contribution in [-0.2, 0) is 6.42 Å². The highest BCUT2D eigenvalue weighted by molar-refractivity contribution is 5.96. The summed E-state index contributed by atoms with van der Waals surface area (Å²) in [6.45, 7) is 9.50. The van der Waals surface area contributed by atoms with Crippen LogP contribution in [-0.4, -0.2) is 42.1 Å². The molecule has 1 unspecified atom stereocenters. The molecule has 1 saturated heterocycles. The SMILES string of the molecule is CC(C)CCN1CCN2c3cccc4[nH]cc(c34)CC2C1. The normalized spacial score (nSPS) is 22.0. The van der Waals surface area contributed by atoms with Crippen LogP contribution in [0.3, 0.4) is 0 Å². The molecule has 0 amide bonds. The molecule has 1 fully saturated rings. The number of hydrogen-bond donors (Lipinski definition) is 1. The predicted molar refractivity (Wildman–Crippen MR) is 89.0 cm³/mol. The first-order valence-electron chi connectivity index (χ1n) is 8.30. The molecule has 1 atom stereocenters. The monoisotopic (exact) mass is 283 g/mol. The lowest BCUT2D eigenvalue weighted by Crippen LogP contribution is -2.55. The van der Waals surface area contributed by atoms with E-state index in [0.29, 0.717) is 6.04 Å². The average molecular weight is 283 g/mol. The van der Waals surface area contributed by atoms with Crippen LogP contribution in [0.5, 0.6) is 0 Å². The van der Waals surface area contributed by atoms with Gasteiger partial charge in [0.15, 0.2) is 0 Å². The van der Waals surface area contributed by atoms with E-state index in [1.165, 1.54) is 61.2 Å². The van der Waals surface area contributed by atoms with Crippen molar-refractivity contribution in [2.45, 2.75) is 32.7 Å². The first-order chi connectivity index (χ1) is 10.2. The number of aromatic amines is 1. The Labute approximate surface area is 126 Å². The van der Waals surface area contributed by atoms with Crippen LogP contribution in [0.15, 0.2) is 24.4 Å². The summed E-state index contributed by atoms with van der Waals surface area (Å²) in [6, 6.07) is 7.34. The van der Waals surface area contributed by atoms with Gasteiger partial charge in [0.25, 0.3) is 0 Å². The second-order valence-electron chi connectivity index (χ2n) is 7.05. The Morgan fingerprint density at radius 3 is 3.05 bits per heavy atom. The van der Waals surface area contributed by atoms with Crippen LogP contribution in [0, 0.1) is 5.92 Å². The summed E-state index contributed by atoms with van der Waals surface area (Å²) in [7, 11) is 0. The Kier molecular flexibility index (Phi) is 3.18. The van der Waals surface area contributed by atoms with Crippen LogP contribution in [0.25, 0.3) is 10.9 Å². The maximum atomic E-state index is 3.44. The molecule has 0 saturated carbocycles. The summed E-state index contributed by atoms with van der Waals surface area (Å²) in [4.78, 5) is 8.75. The van der Waals surface area contributed by atoms with Gasteiger partial charge in [-0.05, 0) is 43.0 Å². The molecule has 0 bridgehead atoms. The van der Waals surface area contributed by atoms with Gasteiger partial charge in [0.2, 0.25) is 0 Å². The van der Waals surface area contributed by atoms with Gasteiger partial charge in [0.1, 0.15) is 0 Å². The van der Waals surface area contributed by atoms with E-state index in [2.05, 4.69) is 53.0 Å². The third-order valence-corrected chi connectivity index (χ3v) is 5.12. The highest BCUT2D eigenvalue weighted by atomic mass is 15.3. The minimum atomic E-state index is 0.653. The van der Waals surface area contributed by atoms with Crippen LogP contribution >= 0.6 is 0 Å². The summed E-state index contributed by atoms with van der Waals surface area (Å²) in [5.74, 6) is 0.805. The molecule has 0 radical (unpaired) electrons. The number of piperazine rings is 1. The fraction of sp³-hybridized carbons (Fsp3) is 0.556. The molecule has 1 aromatic carbocycles. The fourth-order valence-corrected chi connectivity index (χ4v) is 3.94. The van der Waals surface area contributed by atoms with Crippen molar-refractivity contribution in [1.82, 2.24) is 9.88 Å². The third-order valence-electron chi connectivity index (χ3n) is 5.12. The van der Waals surface area contributed by atoms with Crippen molar-refractivity contribution in [2.75, 3.05) is 31.1 Å². The maximum absolute atomic E-state index is 3.44. The lowest BCUT2D eigenvalue weighted by Gasteiger charge is -2.45. The van der Waals surface area contributed by atoms with Gasteiger partial charge in [0, 0.05) is 48.5 Å². The number of nitrogens with zero attached hydrogens (tertiary/aromatic N) is 2. The third kappa shape index (κ3) is 2.24. The maximum Gasteiger partial charge on any atom is 0.0477 e. The van der Waals surface area contributed by atoms with Gasteiger partial charge in [-0.3, -0.25) is 4.90 Å². The van der Waals surface area contributed by atoms with Crippen molar-refractivity contribution < 1.29 is 0 Å². The zero-order valence-electron chi connectivity index (χ0n) is 13.1. The Morgan fingerprint density at radius 1 is 1.29 bits per heavy atom. The molecule has 0 aliphatic carbocycles. The van der Waals surface area contributed by atoms with Gasteiger partial charge in [-0.25, -0.2) is 0 Å². The van der Waals surface area contributed by atoms with Gasteiger partial charge in [-0.1, -0.05) is 19.9 Å². The molecular formula is C18H25N3. The Balaban J connectivity index is 1.58. The molecule has 21 heavy (non-hydrogen) atoms. The summed E-state index contributed by atoms with van der Waals surface area (Å²) >= 11 is 0. The van der Waals surface area contributed by atoms with Crippen LogP contribution in [0.2, 0.25) is 0 Å². The summed E-state index contributed by atoms with van der Waals surface area (Å²) in [5.41, 5.74) is 4.25. The van der Waals surface area contributed by atoms with Crippen molar-refractivity contribution >= 4 is 16.6 Å². The van der Waals surface area contributed by atoms with Gasteiger partial charge >= 0.3 is 0 Å². The molecule has 0 spiro atoms. The highest BCUT2D eigenvalue weighted by Crippen LogP contribution is 2.37. The Morgan fingerprint density at radius 2 is 2.19 bits per heavy atom. The van der Waals surface area contributed by atoms with E-state index in [1.54, 1.807) is 0 Å². The van der Waals surface area contributed by atoms with E-state index in [9.17, 15) is 0 Å². The number of H-pyrrole nitrogens is 1. The molecule has 1 aromatic heterocycles. The highest BCUT2D eigenvalue weighted by Gasteiger charge is 2.32. The van der Waals surface area contributed by atoms with Gasteiger partial charge in [0.05, 0.1) is 0 Å². The molecule has 2 aromatic rings. The van der Waals surface area contributed by atoms with Crippen molar-refractivity contribution in [3.05, 3.63) is 30.0 Å². The topological polar surface area (TPSA) is 22.3 Å². The molecule has 1 N–H and O–H groups in total. The summed E-state index contributed by atoms with van der Waals surface area (Å²) < 4.78 is 0. The van der Waals surface area contributed by atoms with Crippen molar-refractivity contribution in [2.24, 2.45) is 5.92 Å². The number of fused-ring (bicyclic) bond motifs is 2. The van der Waals surface area contributed by atoms with Gasteiger partial charge < -0.3 is 9.88 Å². The van der Waals surface area contributed by atoms with Crippen molar-refractivity contribution in [3.8, 4) is 0 Å². The van der Waals surface area contributed by atoms with Crippen molar-refractivity contribution in [3.63, 3.8) is 0 Å². The molecule has 3 heteroatoms. The van der Waals surface area contributed by atoms with Gasteiger partial charge in [-0.2, -0.15) is 0 Å². The van der Waals surface area contributed by atoms with Crippen LogP contribution in [0.1, 0.15) is 25.8 Å². The molecular weight excluding hydrogens is 258 g/mol. The minimum absolute atomic E-state index is 0.653. The van der Waals surface area contributed by atoms with Crippen LogP contribution in [0.4, 0.5) is 5.69 Å². The van der Waals surface area contributed by atoms with Gasteiger partial charge in [-0.15, -0.1) is 0 Å². The first-order valence-corrected chi connectivity index (χ1v) is 8.30. The summed E-state index contributed by atoms with van der Waals surface area (Å²) in [6.07, 6.45) is 4.73. The Hall–Kier alpha value is -1.48. The number of rotatable bonds is 3. The summed E-state index contributed by atoms with van der Waals surface area (Å²) in [5, 5.41) is 1.46. The standard InChI is InChI=1S/C18H25N3/c1-13(2)6-7-20-8-9-21-15(12-20)10-14-11-19-16-4-3-5-17(21)18(14)16/h3-5,11,13,15,19H,6-10,12H2,1-2H3. The lowest BCUT2D eigenvalue weighted by atomic mass is 9.94. The van der Waals surface area contributed by atoms with E-state index in [0.717, 1.165) is 5.92 Å². The molecule has 2 aliphatic heterocycles. The second kappa shape index (κ2) is 5.06. The average Bonchev–Trinajstić information content (AvgIpc) is 2.90. The second-order valence-corrected chi connectivity index (χ2v) is 7.05. The first kappa shape index (κ1) is 13.2. The van der Waals surface area contributed by atoms with E-state index in [4.69, 9.17) is 0 Å². The minimum Gasteiger partial charge on any atom is -0.365 e. The van der Waals surface area contributed by atoms with E-state index >= 15 is 0 Å².